The zero-order chi connectivity index (χ0) is 18.1. The Labute approximate surface area is 140 Å². The minimum Gasteiger partial charge on any atom is -0.495 e. The highest BCUT2D eigenvalue weighted by Gasteiger charge is 2.49. The molecule has 1 aromatic carbocycles. The third-order valence-electron chi connectivity index (χ3n) is 3.35. The quantitative estimate of drug-likeness (QED) is 0.765. The molecule has 0 saturated carbocycles. The number of hydrogen-bond donors (Lipinski definition) is 0. The fraction of sp³-hybridized carbons (Fsp3) is 0.400. The predicted molar refractivity (Wildman–Crippen MR) is 79.2 cm³/mol. The van der Waals surface area contributed by atoms with E-state index in [1.807, 2.05) is 0 Å². The summed E-state index contributed by atoms with van der Waals surface area (Å²) >= 11 is 6.09. The first-order valence-electron chi connectivity index (χ1n) is 6.66. The van der Waals surface area contributed by atoms with Crippen molar-refractivity contribution in [2.75, 3.05) is 21.3 Å². The van der Waals surface area contributed by atoms with Crippen LogP contribution in [0.3, 0.4) is 0 Å². The number of methoxy groups -OCH3 is 3. The standard InChI is InChI=1S/C15H14ClF3O5/c1-21-6-9-11-7(5-10(16)12(9)22-2)4-8(14(20)23-3)13(24-11)15(17,18)19/h4-5,13H,6H2,1-3H3. The molecule has 0 fully saturated rings. The molecule has 5 nitrogen and oxygen atoms in total. The van der Waals surface area contributed by atoms with Crippen LogP contribution in [0.1, 0.15) is 11.1 Å². The van der Waals surface area contributed by atoms with Crippen LogP contribution in [0.4, 0.5) is 13.2 Å². The molecule has 0 saturated heterocycles. The van der Waals surface area contributed by atoms with Crippen molar-refractivity contribution < 1.29 is 36.9 Å². The first-order valence-corrected chi connectivity index (χ1v) is 7.04. The van der Waals surface area contributed by atoms with Crippen LogP contribution in [0.25, 0.3) is 6.08 Å². The SMILES string of the molecule is COCc1c(OC)c(Cl)cc2c1OC(C(F)(F)F)C(C(=O)OC)=C2. The molecule has 1 aliphatic rings. The van der Waals surface area contributed by atoms with Crippen LogP contribution in [-0.2, 0) is 20.9 Å². The molecule has 2 rings (SSSR count). The van der Waals surface area contributed by atoms with Crippen LogP contribution in [-0.4, -0.2) is 39.6 Å². The van der Waals surface area contributed by atoms with Crippen LogP contribution in [0.2, 0.25) is 5.02 Å². The lowest BCUT2D eigenvalue weighted by Crippen LogP contribution is -2.41. The molecule has 1 aliphatic heterocycles. The molecule has 0 aliphatic carbocycles. The van der Waals surface area contributed by atoms with Gasteiger partial charge in [0.05, 0.1) is 37.0 Å². The molecule has 1 aromatic rings. The Hall–Kier alpha value is -1.93. The number of benzene rings is 1. The molecule has 0 radical (unpaired) electrons. The Bertz CT molecular complexity index is 685. The van der Waals surface area contributed by atoms with Crippen molar-refractivity contribution in [2.45, 2.75) is 18.9 Å². The summed E-state index contributed by atoms with van der Waals surface area (Å²) in [5.74, 6) is -1.09. The average Bonchev–Trinajstić information content (AvgIpc) is 2.52. The zero-order valence-electron chi connectivity index (χ0n) is 13.0. The van der Waals surface area contributed by atoms with E-state index < -0.39 is 23.8 Å². The number of rotatable bonds is 4. The van der Waals surface area contributed by atoms with Gasteiger partial charge >= 0.3 is 12.1 Å². The molecule has 9 heteroatoms. The van der Waals surface area contributed by atoms with Crippen molar-refractivity contribution in [1.82, 2.24) is 0 Å². The zero-order valence-corrected chi connectivity index (χ0v) is 13.7. The molecule has 0 aromatic heterocycles. The molecule has 1 unspecified atom stereocenters. The van der Waals surface area contributed by atoms with E-state index in [2.05, 4.69) is 4.74 Å². The second-order valence-electron chi connectivity index (χ2n) is 4.85. The van der Waals surface area contributed by atoms with Crippen molar-refractivity contribution in [3.8, 4) is 11.5 Å². The molecular weight excluding hydrogens is 353 g/mol. The minimum absolute atomic E-state index is 0.0853. The summed E-state index contributed by atoms with van der Waals surface area (Å²) in [5.41, 5.74) is -0.243. The van der Waals surface area contributed by atoms with Gasteiger partial charge in [0.25, 0.3) is 0 Å². The average molecular weight is 367 g/mol. The maximum atomic E-state index is 13.3. The Balaban J connectivity index is 2.69. The number of carbonyl (C=O) groups is 1. The molecule has 1 atom stereocenters. The highest BCUT2D eigenvalue weighted by molar-refractivity contribution is 6.32. The predicted octanol–water partition coefficient (Wildman–Crippen LogP) is 3.37. The largest absolute Gasteiger partial charge is 0.495 e. The van der Waals surface area contributed by atoms with Gasteiger partial charge in [-0.15, -0.1) is 0 Å². The van der Waals surface area contributed by atoms with Crippen LogP contribution >= 0.6 is 11.6 Å². The van der Waals surface area contributed by atoms with Gasteiger partial charge in [0.15, 0.2) is 0 Å². The second-order valence-corrected chi connectivity index (χ2v) is 5.26. The number of carbonyl (C=O) groups excluding carboxylic acids is 1. The van der Waals surface area contributed by atoms with Gasteiger partial charge in [0, 0.05) is 12.7 Å². The summed E-state index contributed by atoms with van der Waals surface area (Å²) in [6.45, 7) is -0.0853. The molecule has 0 amide bonds. The van der Waals surface area contributed by atoms with Gasteiger partial charge in [-0.2, -0.15) is 13.2 Å². The van der Waals surface area contributed by atoms with E-state index >= 15 is 0 Å². The highest BCUT2D eigenvalue weighted by Crippen LogP contribution is 2.45. The van der Waals surface area contributed by atoms with Crippen LogP contribution in [0.15, 0.2) is 11.6 Å². The number of hydrogen-bond acceptors (Lipinski definition) is 5. The van der Waals surface area contributed by atoms with Crippen molar-refractivity contribution >= 4 is 23.6 Å². The summed E-state index contributed by atoms with van der Waals surface area (Å²) in [4.78, 5) is 11.7. The van der Waals surface area contributed by atoms with Gasteiger partial charge in [-0.1, -0.05) is 11.6 Å². The van der Waals surface area contributed by atoms with Crippen LogP contribution in [0.5, 0.6) is 11.5 Å². The molecular formula is C15H14ClF3O5. The summed E-state index contributed by atoms with van der Waals surface area (Å²) in [6, 6.07) is 1.35. The van der Waals surface area contributed by atoms with Gasteiger partial charge in [0.1, 0.15) is 11.5 Å². The maximum absolute atomic E-state index is 13.3. The van der Waals surface area contributed by atoms with E-state index in [1.54, 1.807) is 0 Å². The summed E-state index contributed by atoms with van der Waals surface area (Å²) in [6.07, 6.45) is -6.22. The summed E-state index contributed by atoms with van der Waals surface area (Å²) < 4.78 is 59.5. The lowest BCUT2D eigenvalue weighted by Gasteiger charge is -2.29. The topological polar surface area (TPSA) is 54.0 Å². The van der Waals surface area contributed by atoms with Gasteiger partial charge in [-0.25, -0.2) is 4.79 Å². The fourth-order valence-electron chi connectivity index (χ4n) is 2.38. The first-order chi connectivity index (χ1) is 11.2. The van der Waals surface area contributed by atoms with E-state index in [-0.39, 0.29) is 34.3 Å². The summed E-state index contributed by atoms with van der Waals surface area (Å²) in [5, 5.41) is 0.151. The summed E-state index contributed by atoms with van der Waals surface area (Å²) in [7, 11) is 3.68. The molecule has 0 spiro atoms. The molecule has 132 valence electrons. The molecule has 0 bridgehead atoms. The lowest BCUT2D eigenvalue weighted by atomic mass is 9.98. The second kappa shape index (κ2) is 6.90. The third kappa shape index (κ3) is 3.29. The smallest absolute Gasteiger partial charge is 0.430 e. The Morgan fingerprint density at radius 3 is 2.50 bits per heavy atom. The van der Waals surface area contributed by atoms with Crippen molar-refractivity contribution in [3.63, 3.8) is 0 Å². The van der Waals surface area contributed by atoms with Crippen LogP contribution in [0, 0.1) is 0 Å². The number of halogens is 4. The van der Waals surface area contributed by atoms with Gasteiger partial charge in [-0.05, 0) is 12.1 Å². The maximum Gasteiger partial charge on any atom is 0.430 e. The Morgan fingerprint density at radius 2 is 2.00 bits per heavy atom. The number of ether oxygens (including phenoxy) is 4. The van der Waals surface area contributed by atoms with Gasteiger partial charge in [0.2, 0.25) is 6.10 Å². The Kier molecular flexibility index (Phi) is 5.29. The van der Waals surface area contributed by atoms with E-state index in [0.717, 1.165) is 13.2 Å². The molecule has 0 N–H and O–H groups in total. The first kappa shape index (κ1) is 18.4. The van der Waals surface area contributed by atoms with E-state index in [1.165, 1.54) is 20.3 Å². The molecule has 24 heavy (non-hydrogen) atoms. The van der Waals surface area contributed by atoms with Crippen molar-refractivity contribution in [1.29, 1.82) is 0 Å². The molecule has 1 heterocycles. The highest BCUT2D eigenvalue weighted by atomic mass is 35.5. The lowest BCUT2D eigenvalue weighted by molar-refractivity contribution is -0.187. The third-order valence-corrected chi connectivity index (χ3v) is 3.63. The van der Waals surface area contributed by atoms with Gasteiger partial charge < -0.3 is 18.9 Å². The van der Waals surface area contributed by atoms with E-state index in [4.69, 9.17) is 25.8 Å². The fourth-order valence-corrected chi connectivity index (χ4v) is 2.69. The number of fused-ring (bicyclic) bond motifs is 1. The Morgan fingerprint density at radius 1 is 1.33 bits per heavy atom. The normalized spacial score (nSPS) is 16.8. The van der Waals surface area contributed by atoms with Crippen molar-refractivity contribution in [3.05, 3.63) is 27.8 Å². The van der Waals surface area contributed by atoms with Crippen molar-refractivity contribution in [2.24, 2.45) is 0 Å². The van der Waals surface area contributed by atoms with E-state index in [9.17, 15) is 18.0 Å². The minimum atomic E-state index is -4.81. The van der Waals surface area contributed by atoms with Gasteiger partial charge in [-0.3, -0.25) is 0 Å². The van der Waals surface area contributed by atoms with Crippen LogP contribution < -0.4 is 9.47 Å². The number of esters is 1. The monoisotopic (exact) mass is 366 g/mol. The van der Waals surface area contributed by atoms with E-state index in [0.29, 0.717) is 0 Å². The number of alkyl halides is 3.